The quantitative estimate of drug-likeness (QED) is 0.425. The minimum Gasteiger partial charge on any atom is -0.490 e. The van der Waals surface area contributed by atoms with Crippen molar-refractivity contribution in [2.45, 2.75) is 19.9 Å². The fraction of sp³-hybridized carbons (Fsp3) is 0.154. The van der Waals surface area contributed by atoms with E-state index in [0.717, 1.165) is 5.56 Å². The molecule has 0 fully saturated rings. The Morgan fingerprint density at radius 2 is 1.73 bits per heavy atom. The number of nitrogens with one attached hydrogen (secondary N) is 1. The molecule has 0 saturated heterocycles. The molecule has 0 unspecified atom stereocenters. The maximum absolute atomic E-state index is 13.5. The number of carbonyl (C=O) groups is 1. The molecule has 5 rings (SSSR count). The number of rotatable bonds is 6. The third-order valence-electron chi connectivity index (χ3n) is 5.46. The minimum absolute atomic E-state index is 0.0967. The van der Waals surface area contributed by atoms with Gasteiger partial charge in [0, 0.05) is 17.7 Å². The Labute approximate surface area is 190 Å². The van der Waals surface area contributed by atoms with Crippen LogP contribution in [0.3, 0.4) is 0 Å². The van der Waals surface area contributed by atoms with Crippen LogP contribution in [-0.2, 0) is 17.8 Å². The van der Waals surface area contributed by atoms with Crippen molar-refractivity contribution in [2.24, 2.45) is 0 Å². The van der Waals surface area contributed by atoms with E-state index < -0.39 is 0 Å². The zero-order valence-electron chi connectivity index (χ0n) is 18.2. The Morgan fingerprint density at radius 3 is 2.45 bits per heavy atom. The Balaban J connectivity index is 1.59. The SMILES string of the molecule is CCOc1cccc2c1Oc1c(c(=O)n(-c3ccccc3)n1CC(=O)Nc1ccccc1)C2. The van der Waals surface area contributed by atoms with Crippen molar-refractivity contribution < 1.29 is 14.3 Å². The first-order valence-corrected chi connectivity index (χ1v) is 10.8. The molecular formula is C26H23N3O4. The topological polar surface area (TPSA) is 74.5 Å². The van der Waals surface area contributed by atoms with Crippen molar-refractivity contribution in [1.82, 2.24) is 9.36 Å². The molecule has 166 valence electrons. The normalized spacial score (nSPS) is 11.8. The van der Waals surface area contributed by atoms with Crippen LogP contribution in [0.5, 0.6) is 17.4 Å². The van der Waals surface area contributed by atoms with Gasteiger partial charge in [0.05, 0.1) is 17.9 Å². The van der Waals surface area contributed by atoms with Crippen LogP contribution in [0.15, 0.2) is 83.7 Å². The average molecular weight is 441 g/mol. The van der Waals surface area contributed by atoms with Crippen molar-refractivity contribution in [3.8, 4) is 23.1 Å². The van der Waals surface area contributed by atoms with Gasteiger partial charge in [-0.05, 0) is 37.3 Å². The lowest BCUT2D eigenvalue weighted by molar-refractivity contribution is -0.117. The van der Waals surface area contributed by atoms with Crippen LogP contribution >= 0.6 is 0 Å². The molecule has 1 N–H and O–H groups in total. The second kappa shape index (κ2) is 8.70. The molecule has 0 saturated carbocycles. The van der Waals surface area contributed by atoms with E-state index in [4.69, 9.17) is 9.47 Å². The summed E-state index contributed by atoms with van der Waals surface area (Å²) >= 11 is 0. The maximum atomic E-state index is 13.5. The van der Waals surface area contributed by atoms with Crippen molar-refractivity contribution in [3.63, 3.8) is 0 Å². The minimum atomic E-state index is -0.267. The lowest BCUT2D eigenvalue weighted by atomic mass is 10.0. The summed E-state index contributed by atoms with van der Waals surface area (Å²) in [5.41, 5.74) is 2.50. The van der Waals surface area contributed by atoms with E-state index in [1.165, 1.54) is 4.68 Å². The number of benzene rings is 3. The summed E-state index contributed by atoms with van der Waals surface area (Å²) in [6.45, 7) is 2.30. The highest BCUT2D eigenvalue weighted by Gasteiger charge is 2.30. The van der Waals surface area contributed by atoms with Crippen LogP contribution in [0.25, 0.3) is 5.69 Å². The van der Waals surface area contributed by atoms with E-state index in [9.17, 15) is 9.59 Å². The molecule has 2 heterocycles. The summed E-state index contributed by atoms with van der Waals surface area (Å²) in [7, 11) is 0. The van der Waals surface area contributed by atoms with Gasteiger partial charge < -0.3 is 14.8 Å². The Kier molecular flexibility index (Phi) is 5.44. The fourth-order valence-electron chi connectivity index (χ4n) is 4.04. The summed E-state index contributed by atoms with van der Waals surface area (Å²) < 4.78 is 15.1. The number of fused-ring (bicyclic) bond motifs is 2. The van der Waals surface area contributed by atoms with Gasteiger partial charge in [-0.25, -0.2) is 9.36 Å². The highest BCUT2D eigenvalue weighted by atomic mass is 16.5. The molecular weight excluding hydrogens is 418 g/mol. The van der Waals surface area contributed by atoms with Crippen LogP contribution in [0.1, 0.15) is 18.1 Å². The summed E-state index contributed by atoms with van der Waals surface area (Å²) in [5.74, 6) is 1.28. The molecule has 0 radical (unpaired) electrons. The van der Waals surface area contributed by atoms with Crippen LogP contribution in [0.2, 0.25) is 0 Å². The number of ether oxygens (including phenoxy) is 2. The van der Waals surface area contributed by atoms with Gasteiger partial charge in [-0.15, -0.1) is 0 Å². The van der Waals surface area contributed by atoms with Crippen LogP contribution in [0.4, 0.5) is 5.69 Å². The Morgan fingerprint density at radius 1 is 1.00 bits per heavy atom. The molecule has 1 aromatic heterocycles. The van der Waals surface area contributed by atoms with E-state index >= 15 is 0 Å². The van der Waals surface area contributed by atoms with Crippen LogP contribution < -0.4 is 20.3 Å². The van der Waals surface area contributed by atoms with E-state index in [0.29, 0.717) is 47.3 Å². The van der Waals surface area contributed by atoms with Gasteiger partial charge in [-0.1, -0.05) is 48.5 Å². The smallest absolute Gasteiger partial charge is 0.278 e. The fourth-order valence-corrected chi connectivity index (χ4v) is 4.04. The molecule has 7 heteroatoms. The van der Waals surface area contributed by atoms with Crippen molar-refractivity contribution in [3.05, 3.63) is 100 Å². The molecule has 0 spiro atoms. The second-order valence-corrected chi connectivity index (χ2v) is 7.66. The molecule has 33 heavy (non-hydrogen) atoms. The lowest BCUT2D eigenvalue weighted by Gasteiger charge is -2.21. The Bertz CT molecular complexity index is 1360. The monoisotopic (exact) mass is 441 g/mol. The first kappa shape index (κ1) is 20.6. The number of hydrogen-bond donors (Lipinski definition) is 1. The number of para-hydroxylation sites is 3. The molecule has 0 bridgehead atoms. The third kappa shape index (κ3) is 3.89. The predicted octanol–water partition coefficient (Wildman–Crippen LogP) is 4.37. The molecule has 4 aromatic rings. The largest absolute Gasteiger partial charge is 0.490 e. The van der Waals surface area contributed by atoms with Gasteiger partial charge in [0.25, 0.3) is 5.56 Å². The van der Waals surface area contributed by atoms with Crippen molar-refractivity contribution in [1.29, 1.82) is 0 Å². The Hall–Kier alpha value is -4.26. The number of nitrogens with zero attached hydrogens (tertiary/aromatic N) is 2. The average Bonchev–Trinajstić information content (AvgIpc) is 3.10. The van der Waals surface area contributed by atoms with E-state index in [1.807, 2.05) is 85.8 Å². The molecule has 7 nitrogen and oxygen atoms in total. The highest BCUT2D eigenvalue weighted by Crippen LogP contribution is 2.42. The second-order valence-electron chi connectivity index (χ2n) is 7.66. The summed E-state index contributed by atoms with van der Waals surface area (Å²) in [4.78, 5) is 26.4. The predicted molar refractivity (Wildman–Crippen MR) is 126 cm³/mol. The third-order valence-corrected chi connectivity index (χ3v) is 5.46. The highest BCUT2D eigenvalue weighted by molar-refractivity contribution is 5.90. The summed E-state index contributed by atoms with van der Waals surface area (Å²) in [5, 5.41) is 2.88. The molecule has 0 atom stereocenters. The number of aromatic nitrogens is 2. The number of anilines is 1. The van der Waals surface area contributed by atoms with Crippen molar-refractivity contribution in [2.75, 3.05) is 11.9 Å². The van der Waals surface area contributed by atoms with Gasteiger partial charge in [0.1, 0.15) is 6.54 Å². The lowest BCUT2D eigenvalue weighted by Crippen LogP contribution is -2.27. The number of amides is 1. The van der Waals surface area contributed by atoms with Crippen molar-refractivity contribution >= 4 is 11.6 Å². The molecule has 1 aliphatic heterocycles. The van der Waals surface area contributed by atoms with E-state index in [2.05, 4.69) is 5.32 Å². The first-order chi connectivity index (χ1) is 16.2. The molecule has 3 aromatic carbocycles. The van der Waals surface area contributed by atoms with Crippen LogP contribution in [0, 0.1) is 0 Å². The van der Waals surface area contributed by atoms with Gasteiger partial charge in [-0.2, -0.15) is 0 Å². The van der Waals surface area contributed by atoms with Crippen LogP contribution in [-0.4, -0.2) is 21.9 Å². The van der Waals surface area contributed by atoms with E-state index in [1.54, 1.807) is 4.68 Å². The van der Waals surface area contributed by atoms with Gasteiger partial charge in [0.2, 0.25) is 11.8 Å². The summed E-state index contributed by atoms with van der Waals surface area (Å²) in [6, 6.07) is 24.1. The zero-order valence-corrected chi connectivity index (χ0v) is 18.2. The first-order valence-electron chi connectivity index (χ1n) is 10.8. The molecule has 1 aliphatic rings. The van der Waals surface area contributed by atoms with Gasteiger partial charge in [0.15, 0.2) is 11.5 Å². The zero-order chi connectivity index (χ0) is 22.8. The number of carbonyl (C=O) groups excluding carboxylic acids is 1. The van der Waals surface area contributed by atoms with Gasteiger partial charge in [-0.3, -0.25) is 9.59 Å². The maximum Gasteiger partial charge on any atom is 0.278 e. The summed E-state index contributed by atoms with van der Waals surface area (Å²) in [6.07, 6.45) is 0.393. The van der Waals surface area contributed by atoms with Gasteiger partial charge >= 0.3 is 0 Å². The standard InChI is InChI=1S/C26H23N3O4/c1-2-32-22-15-9-10-18-16-21-25(31)29(20-13-7-4-8-14-20)28(26(21)33-24(18)22)17-23(30)27-19-11-5-3-6-12-19/h3-15H,2,16-17H2,1H3,(H,27,30). The number of hydrogen-bond acceptors (Lipinski definition) is 4. The molecule has 0 aliphatic carbocycles. The van der Waals surface area contributed by atoms with E-state index in [-0.39, 0.29) is 18.0 Å². The molecule has 1 amide bonds.